The van der Waals surface area contributed by atoms with Crippen molar-refractivity contribution in [2.24, 2.45) is 0 Å². The maximum atomic E-state index is 12.9. The first kappa shape index (κ1) is 17.2. The molecule has 1 aromatic heterocycles. The number of benzene rings is 1. The van der Waals surface area contributed by atoms with Gasteiger partial charge in [-0.1, -0.05) is 12.1 Å². The van der Waals surface area contributed by atoms with Crippen molar-refractivity contribution in [3.63, 3.8) is 0 Å². The molecule has 7 heteroatoms. The van der Waals surface area contributed by atoms with E-state index in [2.05, 4.69) is 4.98 Å². The van der Waals surface area contributed by atoms with Gasteiger partial charge in [0.1, 0.15) is 12.2 Å². The van der Waals surface area contributed by atoms with Gasteiger partial charge in [-0.05, 0) is 19.1 Å². The summed E-state index contributed by atoms with van der Waals surface area (Å²) in [5, 5.41) is 0.566. The number of ether oxygens (including phenoxy) is 1. The number of esters is 1. The van der Waals surface area contributed by atoms with Crippen LogP contribution in [0, 0.1) is 0 Å². The summed E-state index contributed by atoms with van der Waals surface area (Å²) in [6.45, 7) is 5.21. The van der Waals surface area contributed by atoms with E-state index in [1.165, 1.54) is 4.90 Å². The third-order valence-corrected chi connectivity index (χ3v) is 4.57. The number of aromatic nitrogens is 1. The quantitative estimate of drug-likeness (QED) is 0.569. The molecule has 1 fully saturated rings. The van der Waals surface area contributed by atoms with Crippen molar-refractivity contribution in [3.05, 3.63) is 45.7 Å². The zero-order valence-electron chi connectivity index (χ0n) is 14.2. The van der Waals surface area contributed by atoms with E-state index in [9.17, 15) is 14.4 Å². The Bertz CT molecular complexity index is 838. The first-order valence-electron chi connectivity index (χ1n) is 8.48. The summed E-state index contributed by atoms with van der Waals surface area (Å²) in [5.41, 5.74) is 1.17. The number of hydrogen-bond acceptors (Lipinski definition) is 4. The molecule has 25 heavy (non-hydrogen) atoms. The van der Waals surface area contributed by atoms with Crippen LogP contribution in [0.1, 0.15) is 23.0 Å². The van der Waals surface area contributed by atoms with E-state index >= 15 is 0 Å². The van der Waals surface area contributed by atoms with E-state index < -0.39 is 5.97 Å². The molecule has 1 aliphatic heterocycles. The molecule has 0 bridgehead atoms. The van der Waals surface area contributed by atoms with Crippen molar-refractivity contribution in [1.29, 1.82) is 0 Å². The molecule has 1 aliphatic rings. The van der Waals surface area contributed by atoms with Gasteiger partial charge in [0.15, 0.2) is 5.43 Å². The van der Waals surface area contributed by atoms with Crippen LogP contribution in [0.15, 0.2) is 29.1 Å². The van der Waals surface area contributed by atoms with Crippen molar-refractivity contribution < 1.29 is 19.2 Å². The molecule has 0 aliphatic carbocycles. The van der Waals surface area contributed by atoms with Crippen LogP contribution in [0.4, 0.5) is 0 Å². The van der Waals surface area contributed by atoms with Crippen molar-refractivity contribution in [3.8, 4) is 0 Å². The number of fused-ring (bicyclic) bond motifs is 1. The van der Waals surface area contributed by atoms with E-state index in [1.54, 1.807) is 30.0 Å². The predicted molar refractivity (Wildman–Crippen MR) is 92.6 cm³/mol. The first-order valence-corrected chi connectivity index (χ1v) is 8.48. The molecule has 1 aromatic carbocycles. The van der Waals surface area contributed by atoms with Crippen LogP contribution in [0.2, 0.25) is 0 Å². The molecule has 0 unspecified atom stereocenters. The van der Waals surface area contributed by atoms with Gasteiger partial charge in [-0.25, -0.2) is 4.79 Å². The second-order valence-corrected chi connectivity index (χ2v) is 6.14. The number of hydrogen-bond donors (Lipinski definition) is 2. The van der Waals surface area contributed by atoms with E-state index in [1.807, 2.05) is 6.07 Å². The zero-order chi connectivity index (χ0) is 17.8. The lowest BCUT2D eigenvalue weighted by atomic mass is 10.1. The smallest absolute Gasteiger partial charge is 0.355 e. The largest absolute Gasteiger partial charge is 0.461 e. The van der Waals surface area contributed by atoms with Crippen LogP contribution in [-0.4, -0.2) is 55.0 Å². The maximum absolute atomic E-state index is 12.9. The Morgan fingerprint density at radius 1 is 1.32 bits per heavy atom. The van der Waals surface area contributed by atoms with Gasteiger partial charge in [-0.3, -0.25) is 9.59 Å². The summed E-state index contributed by atoms with van der Waals surface area (Å²) < 4.78 is 5.12. The fraction of sp³-hybridized carbons (Fsp3) is 0.389. The number of carbonyl (C=O) groups is 2. The SMILES string of the molecule is CCOC(=O)c1[nH]c2ccccc2c(=O)c1C[NH+]1CCN(C=O)CC1. The summed E-state index contributed by atoms with van der Waals surface area (Å²) in [7, 11) is 0. The third-order valence-electron chi connectivity index (χ3n) is 4.57. The van der Waals surface area contributed by atoms with Gasteiger partial charge in [0.05, 0.1) is 38.3 Å². The fourth-order valence-corrected chi connectivity index (χ4v) is 3.19. The lowest BCUT2D eigenvalue weighted by molar-refractivity contribution is -0.917. The number of rotatable bonds is 5. The molecule has 0 radical (unpaired) electrons. The lowest BCUT2D eigenvalue weighted by Gasteiger charge is -2.29. The van der Waals surface area contributed by atoms with Gasteiger partial charge >= 0.3 is 5.97 Å². The summed E-state index contributed by atoms with van der Waals surface area (Å²) in [6, 6.07) is 7.16. The molecule has 2 aromatic rings. The third kappa shape index (κ3) is 3.56. The molecular formula is C18H22N3O4+. The van der Waals surface area contributed by atoms with E-state index in [0.29, 0.717) is 36.1 Å². The van der Waals surface area contributed by atoms with E-state index in [0.717, 1.165) is 19.5 Å². The second kappa shape index (κ2) is 7.48. The van der Waals surface area contributed by atoms with E-state index in [4.69, 9.17) is 4.74 Å². The Labute approximate surface area is 145 Å². The number of piperazine rings is 1. The number of nitrogens with one attached hydrogen (secondary N) is 2. The highest BCUT2D eigenvalue weighted by Gasteiger charge is 2.25. The Balaban J connectivity index is 1.98. The molecule has 2 N–H and O–H groups in total. The van der Waals surface area contributed by atoms with Gasteiger partial charge in [0.25, 0.3) is 0 Å². The molecule has 0 spiro atoms. The minimum absolute atomic E-state index is 0.136. The van der Waals surface area contributed by atoms with Gasteiger partial charge in [0, 0.05) is 10.9 Å². The number of nitrogens with zero attached hydrogens (tertiary/aromatic N) is 1. The molecular weight excluding hydrogens is 322 g/mol. The van der Waals surface area contributed by atoms with Crippen LogP contribution >= 0.6 is 0 Å². The highest BCUT2D eigenvalue weighted by atomic mass is 16.5. The van der Waals surface area contributed by atoms with Crippen LogP contribution in [0.5, 0.6) is 0 Å². The number of quaternary nitrogens is 1. The van der Waals surface area contributed by atoms with Crippen LogP contribution in [0.3, 0.4) is 0 Å². The monoisotopic (exact) mass is 344 g/mol. The summed E-state index contributed by atoms with van der Waals surface area (Å²) in [4.78, 5) is 42.1. The van der Waals surface area contributed by atoms with Crippen LogP contribution < -0.4 is 10.3 Å². The second-order valence-electron chi connectivity index (χ2n) is 6.14. The molecule has 1 amide bonds. The molecule has 2 heterocycles. The van der Waals surface area contributed by atoms with Gasteiger partial charge in [0.2, 0.25) is 6.41 Å². The van der Waals surface area contributed by atoms with Gasteiger partial charge in [-0.2, -0.15) is 0 Å². The number of H-pyrrole nitrogens is 1. The Kier molecular flexibility index (Phi) is 5.14. The average Bonchev–Trinajstić information content (AvgIpc) is 2.64. The number of pyridine rings is 1. The lowest BCUT2D eigenvalue weighted by Crippen LogP contribution is -3.13. The molecule has 0 atom stereocenters. The van der Waals surface area contributed by atoms with Crippen LogP contribution in [0.25, 0.3) is 10.9 Å². The van der Waals surface area contributed by atoms with Gasteiger partial charge in [-0.15, -0.1) is 0 Å². The summed E-state index contributed by atoms with van der Waals surface area (Å²) >= 11 is 0. The fourth-order valence-electron chi connectivity index (χ4n) is 3.19. The highest BCUT2D eigenvalue weighted by Crippen LogP contribution is 2.12. The first-order chi connectivity index (χ1) is 12.1. The van der Waals surface area contributed by atoms with Gasteiger partial charge < -0.3 is 19.5 Å². The molecule has 0 saturated carbocycles. The summed E-state index contributed by atoms with van der Waals surface area (Å²) in [5.74, 6) is -0.508. The minimum atomic E-state index is -0.508. The molecule has 7 nitrogen and oxygen atoms in total. The molecule has 3 rings (SSSR count). The Morgan fingerprint density at radius 3 is 2.72 bits per heavy atom. The Morgan fingerprint density at radius 2 is 2.04 bits per heavy atom. The standard InChI is InChI=1S/C18H21N3O4/c1-2-25-18(24)16-14(11-20-7-9-21(12-22)10-8-20)17(23)13-5-3-4-6-15(13)19-16/h3-6,12H,2,7-11H2,1H3,(H,19,23)/p+1. The number of aromatic amines is 1. The summed E-state index contributed by atoms with van der Waals surface area (Å²) in [6.07, 6.45) is 0.851. The number of carbonyl (C=O) groups excluding carboxylic acids is 2. The number of amides is 1. The molecule has 1 saturated heterocycles. The predicted octanol–water partition coefficient (Wildman–Crippen LogP) is -0.438. The number of para-hydroxylation sites is 1. The van der Waals surface area contributed by atoms with Crippen molar-refractivity contribution in [2.45, 2.75) is 13.5 Å². The van der Waals surface area contributed by atoms with E-state index in [-0.39, 0.29) is 17.7 Å². The van der Waals surface area contributed by atoms with Crippen molar-refractivity contribution in [1.82, 2.24) is 9.88 Å². The molecule has 132 valence electrons. The highest BCUT2D eigenvalue weighted by molar-refractivity contribution is 5.92. The van der Waals surface area contributed by atoms with Crippen LogP contribution in [-0.2, 0) is 16.1 Å². The van der Waals surface area contributed by atoms with Crippen molar-refractivity contribution >= 4 is 23.3 Å². The maximum Gasteiger partial charge on any atom is 0.355 e. The average molecular weight is 344 g/mol. The topological polar surface area (TPSA) is 83.9 Å². The zero-order valence-corrected chi connectivity index (χ0v) is 14.2. The minimum Gasteiger partial charge on any atom is -0.461 e. The van der Waals surface area contributed by atoms with Crippen molar-refractivity contribution in [2.75, 3.05) is 32.8 Å². The normalized spacial score (nSPS) is 15.3. The Hall–Kier alpha value is -2.67.